The fourth-order valence-corrected chi connectivity index (χ4v) is 2.07. The van der Waals surface area contributed by atoms with Crippen LogP contribution in [0.1, 0.15) is 16.7 Å². The number of rotatable bonds is 7. The van der Waals surface area contributed by atoms with Gasteiger partial charge in [0.1, 0.15) is 5.75 Å². The number of likely N-dealkylation sites (N-methyl/N-ethyl adjacent to an activating group) is 2. The van der Waals surface area contributed by atoms with Crippen molar-refractivity contribution in [2.45, 2.75) is 20.3 Å². The van der Waals surface area contributed by atoms with Crippen molar-refractivity contribution in [3.05, 3.63) is 28.8 Å². The first-order valence-corrected chi connectivity index (χ1v) is 6.56. The van der Waals surface area contributed by atoms with E-state index in [1.54, 1.807) is 7.11 Å². The molecule has 1 aromatic rings. The van der Waals surface area contributed by atoms with Gasteiger partial charge in [-0.05, 0) is 57.1 Å². The van der Waals surface area contributed by atoms with Gasteiger partial charge in [-0.2, -0.15) is 0 Å². The Hall–Kier alpha value is -1.06. The maximum absolute atomic E-state index is 5.34. The molecule has 0 saturated carbocycles. The zero-order valence-corrected chi connectivity index (χ0v) is 12.3. The third kappa shape index (κ3) is 4.00. The van der Waals surface area contributed by atoms with Crippen LogP contribution in [0.5, 0.6) is 5.75 Å². The van der Waals surface area contributed by atoms with Crippen LogP contribution in [0.15, 0.2) is 12.1 Å². The SMILES string of the molecule is CNCCN(C)CCc1ccc(OC)c(C)c1C. The normalized spacial score (nSPS) is 11.0. The van der Waals surface area contributed by atoms with E-state index in [0.29, 0.717) is 0 Å². The lowest BCUT2D eigenvalue weighted by atomic mass is 10.00. The van der Waals surface area contributed by atoms with Gasteiger partial charge in [-0.15, -0.1) is 0 Å². The van der Waals surface area contributed by atoms with Gasteiger partial charge in [0.25, 0.3) is 0 Å². The van der Waals surface area contributed by atoms with Crippen LogP contribution < -0.4 is 10.1 Å². The summed E-state index contributed by atoms with van der Waals surface area (Å²) in [5, 5.41) is 3.17. The van der Waals surface area contributed by atoms with E-state index in [-0.39, 0.29) is 0 Å². The molecule has 0 aliphatic rings. The molecule has 0 aliphatic heterocycles. The molecule has 0 atom stereocenters. The standard InChI is InChI=1S/C15H26N2O/c1-12-13(2)15(18-5)7-6-14(12)8-10-17(4)11-9-16-3/h6-7,16H,8-11H2,1-5H3. The number of hydrogen-bond donors (Lipinski definition) is 1. The molecule has 1 aromatic carbocycles. The van der Waals surface area contributed by atoms with E-state index in [0.717, 1.165) is 31.8 Å². The molecule has 0 saturated heterocycles. The van der Waals surface area contributed by atoms with Crippen molar-refractivity contribution >= 4 is 0 Å². The summed E-state index contributed by atoms with van der Waals surface area (Å²) in [5.41, 5.74) is 4.04. The van der Waals surface area contributed by atoms with E-state index in [1.807, 2.05) is 7.05 Å². The number of hydrogen-bond acceptors (Lipinski definition) is 3. The fourth-order valence-electron chi connectivity index (χ4n) is 2.07. The summed E-state index contributed by atoms with van der Waals surface area (Å²) in [5.74, 6) is 0.986. The van der Waals surface area contributed by atoms with Crippen LogP contribution in [-0.2, 0) is 6.42 Å². The minimum absolute atomic E-state index is 0.986. The molecule has 0 amide bonds. The Morgan fingerprint density at radius 3 is 2.50 bits per heavy atom. The Bertz CT molecular complexity index is 377. The average molecular weight is 250 g/mol. The average Bonchev–Trinajstić information content (AvgIpc) is 2.38. The minimum Gasteiger partial charge on any atom is -0.496 e. The smallest absolute Gasteiger partial charge is 0.122 e. The first-order valence-electron chi connectivity index (χ1n) is 6.56. The summed E-state index contributed by atoms with van der Waals surface area (Å²) in [4.78, 5) is 2.36. The lowest BCUT2D eigenvalue weighted by Gasteiger charge is -2.18. The third-order valence-electron chi connectivity index (χ3n) is 3.58. The second-order valence-corrected chi connectivity index (χ2v) is 4.83. The van der Waals surface area contributed by atoms with E-state index < -0.39 is 0 Å². The summed E-state index contributed by atoms with van der Waals surface area (Å²) in [6.07, 6.45) is 1.09. The summed E-state index contributed by atoms with van der Waals surface area (Å²) in [7, 11) is 5.89. The molecule has 0 radical (unpaired) electrons. The quantitative estimate of drug-likeness (QED) is 0.801. The highest BCUT2D eigenvalue weighted by atomic mass is 16.5. The molecule has 3 heteroatoms. The molecule has 102 valence electrons. The van der Waals surface area contributed by atoms with Crippen LogP contribution in [0.25, 0.3) is 0 Å². The van der Waals surface area contributed by atoms with Crippen molar-refractivity contribution in [3.8, 4) is 5.75 Å². The third-order valence-corrected chi connectivity index (χ3v) is 3.58. The summed E-state index contributed by atoms with van der Waals surface area (Å²) < 4.78 is 5.34. The van der Waals surface area contributed by atoms with Gasteiger partial charge in [-0.1, -0.05) is 6.07 Å². The molecule has 0 aromatic heterocycles. The van der Waals surface area contributed by atoms with Gasteiger partial charge < -0.3 is 15.0 Å². The predicted molar refractivity (Wildman–Crippen MR) is 77.6 cm³/mol. The molecule has 0 heterocycles. The monoisotopic (exact) mass is 250 g/mol. The molecule has 0 fully saturated rings. The summed E-state index contributed by atoms with van der Waals surface area (Å²) >= 11 is 0. The molecule has 1 rings (SSSR count). The van der Waals surface area contributed by atoms with Gasteiger partial charge >= 0.3 is 0 Å². The van der Waals surface area contributed by atoms with E-state index in [9.17, 15) is 0 Å². The van der Waals surface area contributed by atoms with Crippen LogP contribution >= 0.6 is 0 Å². The first kappa shape index (κ1) is 15.0. The number of methoxy groups -OCH3 is 1. The zero-order valence-electron chi connectivity index (χ0n) is 12.3. The van der Waals surface area contributed by atoms with Gasteiger partial charge in [-0.25, -0.2) is 0 Å². The van der Waals surface area contributed by atoms with Gasteiger partial charge in [0, 0.05) is 19.6 Å². The first-order chi connectivity index (χ1) is 8.60. The highest BCUT2D eigenvalue weighted by Crippen LogP contribution is 2.24. The molecule has 0 bridgehead atoms. The van der Waals surface area contributed by atoms with Crippen molar-refractivity contribution in [3.63, 3.8) is 0 Å². The van der Waals surface area contributed by atoms with E-state index >= 15 is 0 Å². The van der Waals surface area contributed by atoms with Gasteiger partial charge in [0.15, 0.2) is 0 Å². The lowest BCUT2D eigenvalue weighted by molar-refractivity contribution is 0.339. The van der Waals surface area contributed by atoms with Crippen LogP contribution in [0.4, 0.5) is 0 Å². The molecule has 0 spiro atoms. The highest BCUT2D eigenvalue weighted by molar-refractivity contribution is 5.43. The number of nitrogens with one attached hydrogen (secondary N) is 1. The maximum atomic E-state index is 5.34. The predicted octanol–water partition coefficient (Wildman–Crippen LogP) is 2.01. The van der Waals surface area contributed by atoms with Gasteiger partial charge in [-0.3, -0.25) is 0 Å². The Kier molecular flexibility index (Phi) is 6.16. The van der Waals surface area contributed by atoms with Crippen LogP contribution in [0.3, 0.4) is 0 Å². The molecule has 3 nitrogen and oxygen atoms in total. The summed E-state index contributed by atoms with van der Waals surface area (Å²) in [6.45, 7) is 7.53. The van der Waals surface area contributed by atoms with Gasteiger partial charge in [0.2, 0.25) is 0 Å². The number of nitrogens with zero attached hydrogens (tertiary/aromatic N) is 1. The minimum atomic E-state index is 0.986. The Morgan fingerprint density at radius 2 is 1.89 bits per heavy atom. The van der Waals surface area contributed by atoms with Crippen molar-refractivity contribution in [2.24, 2.45) is 0 Å². The summed E-state index contributed by atoms with van der Waals surface area (Å²) in [6, 6.07) is 4.26. The lowest BCUT2D eigenvalue weighted by Crippen LogP contribution is -2.29. The van der Waals surface area contributed by atoms with Crippen molar-refractivity contribution in [1.82, 2.24) is 10.2 Å². The van der Waals surface area contributed by atoms with E-state index in [1.165, 1.54) is 16.7 Å². The zero-order chi connectivity index (χ0) is 13.5. The number of ether oxygens (including phenoxy) is 1. The van der Waals surface area contributed by atoms with Crippen molar-refractivity contribution in [1.29, 1.82) is 0 Å². The molecule has 1 N–H and O–H groups in total. The van der Waals surface area contributed by atoms with Crippen molar-refractivity contribution < 1.29 is 4.74 Å². The molecule has 0 unspecified atom stereocenters. The second kappa shape index (κ2) is 7.39. The maximum Gasteiger partial charge on any atom is 0.122 e. The van der Waals surface area contributed by atoms with Crippen LogP contribution in [0.2, 0.25) is 0 Å². The van der Waals surface area contributed by atoms with Gasteiger partial charge in [0.05, 0.1) is 7.11 Å². The van der Waals surface area contributed by atoms with Crippen molar-refractivity contribution in [2.75, 3.05) is 40.8 Å². The highest BCUT2D eigenvalue weighted by Gasteiger charge is 2.07. The van der Waals surface area contributed by atoms with E-state index in [4.69, 9.17) is 4.74 Å². The van der Waals surface area contributed by atoms with Crippen LogP contribution in [0, 0.1) is 13.8 Å². The van der Waals surface area contributed by atoms with E-state index in [2.05, 4.69) is 43.2 Å². The Labute approximate surface area is 111 Å². The number of benzene rings is 1. The van der Waals surface area contributed by atoms with Crippen LogP contribution in [-0.4, -0.2) is 45.7 Å². The fraction of sp³-hybridized carbons (Fsp3) is 0.600. The molecule has 18 heavy (non-hydrogen) atoms. The molecular weight excluding hydrogens is 224 g/mol. The largest absolute Gasteiger partial charge is 0.496 e. The Morgan fingerprint density at radius 1 is 1.17 bits per heavy atom. The molecule has 0 aliphatic carbocycles. The molecular formula is C15H26N2O. The second-order valence-electron chi connectivity index (χ2n) is 4.83. The Balaban J connectivity index is 2.60. The topological polar surface area (TPSA) is 24.5 Å².